The van der Waals surface area contributed by atoms with Crippen LogP contribution in [0.5, 0.6) is 0 Å². The maximum Gasteiger partial charge on any atom is 0.224 e. The highest BCUT2D eigenvalue weighted by molar-refractivity contribution is 5.78. The molecule has 0 fully saturated rings. The first-order chi connectivity index (χ1) is 10.6. The van der Waals surface area contributed by atoms with Gasteiger partial charge in [0, 0.05) is 24.6 Å². The van der Waals surface area contributed by atoms with E-state index in [2.05, 4.69) is 15.5 Å². The average Bonchev–Trinajstić information content (AvgIpc) is 2.86. The summed E-state index contributed by atoms with van der Waals surface area (Å²) in [5, 5.41) is 10.8. The first-order valence-corrected chi connectivity index (χ1v) is 7.22. The fourth-order valence-corrected chi connectivity index (χ4v) is 2.68. The van der Waals surface area contributed by atoms with Crippen molar-refractivity contribution in [3.05, 3.63) is 47.5 Å². The summed E-state index contributed by atoms with van der Waals surface area (Å²) < 4.78 is 28.7. The van der Waals surface area contributed by atoms with Crippen molar-refractivity contribution < 1.29 is 13.6 Å². The summed E-state index contributed by atoms with van der Waals surface area (Å²) >= 11 is 0. The lowest BCUT2D eigenvalue weighted by Gasteiger charge is -2.16. The Morgan fingerprint density at radius 1 is 1.36 bits per heavy atom. The summed E-state index contributed by atoms with van der Waals surface area (Å²) in [7, 11) is 0. The van der Waals surface area contributed by atoms with Gasteiger partial charge in [-0.3, -0.25) is 4.79 Å². The van der Waals surface area contributed by atoms with Gasteiger partial charge in [-0.05, 0) is 18.9 Å². The van der Waals surface area contributed by atoms with Crippen LogP contribution >= 0.6 is 0 Å². The maximum atomic E-state index is 13.6. The molecule has 2 heterocycles. The van der Waals surface area contributed by atoms with E-state index in [1.165, 1.54) is 12.1 Å². The number of carbonyl (C=O) groups is 1. The molecule has 3 rings (SSSR count). The Morgan fingerprint density at radius 2 is 2.23 bits per heavy atom. The van der Waals surface area contributed by atoms with Crippen molar-refractivity contribution in [1.29, 1.82) is 0 Å². The highest BCUT2D eigenvalue weighted by Crippen LogP contribution is 2.14. The highest BCUT2D eigenvalue weighted by Gasteiger charge is 2.19. The van der Waals surface area contributed by atoms with Crippen LogP contribution in [0.15, 0.2) is 24.5 Å². The van der Waals surface area contributed by atoms with E-state index in [0.717, 1.165) is 37.7 Å². The number of carbonyl (C=O) groups excluding carboxylic acids is 1. The third kappa shape index (κ3) is 3.13. The molecule has 1 amide bonds. The van der Waals surface area contributed by atoms with E-state index in [1.54, 1.807) is 6.33 Å². The average molecular weight is 306 g/mol. The van der Waals surface area contributed by atoms with Crippen LogP contribution in [0.1, 0.15) is 24.2 Å². The Hall–Kier alpha value is -2.31. The van der Waals surface area contributed by atoms with Crippen LogP contribution in [0.3, 0.4) is 0 Å². The lowest BCUT2D eigenvalue weighted by molar-refractivity contribution is -0.121. The van der Waals surface area contributed by atoms with Crippen LogP contribution in [-0.4, -0.2) is 26.7 Å². The van der Waals surface area contributed by atoms with Crippen molar-refractivity contribution >= 4 is 5.91 Å². The Labute approximate surface area is 126 Å². The molecule has 1 atom stereocenters. The summed E-state index contributed by atoms with van der Waals surface area (Å²) in [6.07, 6.45) is 3.78. The van der Waals surface area contributed by atoms with E-state index in [-0.39, 0.29) is 23.9 Å². The van der Waals surface area contributed by atoms with Gasteiger partial charge in [-0.15, -0.1) is 10.2 Å². The molecule has 0 saturated carbocycles. The number of nitrogens with one attached hydrogen (secondary N) is 1. The van der Waals surface area contributed by atoms with Gasteiger partial charge in [0.1, 0.15) is 12.2 Å². The molecule has 5 nitrogen and oxygen atoms in total. The Balaban J connectivity index is 1.58. The van der Waals surface area contributed by atoms with Crippen molar-refractivity contribution in [2.24, 2.45) is 0 Å². The van der Waals surface area contributed by atoms with Crippen molar-refractivity contribution in [2.75, 3.05) is 0 Å². The molecular weight excluding hydrogens is 290 g/mol. The number of amides is 1. The molecule has 1 aromatic carbocycles. The van der Waals surface area contributed by atoms with Crippen LogP contribution in [0, 0.1) is 11.6 Å². The molecule has 1 aliphatic heterocycles. The molecule has 0 saturated heterocycles. The van der Waals surface area contributed by atoms with Crippen molar-refractivity contribution in [3.8, 4) is 0 Å². The summed E-state index contributed by atoms with van der Waals surface area (Å²) in [6.45, 7) is 0.738. The monoisotopic (exact) mass is 306 g/mol. The van der Waals surface area contributed by atoms with Gasteiger partial charge < -0.3 is 9.88 Å². The minimum atomic E-state index is -0.954. The second-order valence-corrected chi connectivity index (χ2v) is 5.42. The zero-order valence-corrected chi connectivity index (χ0v) is 11.9. The molecule has 1 aromatic heterocycles. The predicted molar refractivity (Wildman–Crippen MR) is 75.0 cm³/mol. The minimum Gasteiger partial charge on any atom is -0.353 e. The molecule has 0 radical (unpaired) electrons. The van der Waals surface area contributed by atoms with Crippen LogP contribution in [0.2, 0.25) is 0 Å². The van der Waals surface area contributed by atoms with E-state index in [1.807, 2.05) is 4.57 Å². The molecule has 0 spiro atoms. The number of aromatic nitrogens is 3. The number of benzene rings is 1. The quantitative estimate of drug-likeness (QED) is 0.937. The molecule has 1 aliphatic rings. The van der Waals surface area contributed by atoms with Crippen molar-refractivity contribution in [3.63, 3.8) is 0 Å². The third-order valence-corrected chi connectivity index (χ3v) is 3.88. The van der Waals surface area contributed by atoms with Gasteiger partial charge >= 0.3 is 0 Å². The fourth-order valence-electron chi connectivity index (χ4n) is 2.68. The minimum absolute atomic E-state index is 0.00539. The standard InChI is InChI=1S/C15H16F2N4O/c16-12-3-1-2-10(15(12)17)8-14(22)19-11-4-5-13-20-18-9-21(13)7-6-11/h1-3,9,11H,4-8H2,(H,19,22). The van der Waals surface area contributed by atoms with E-state index < -0.39 is 11.6 Å². The second-order valence-electron chi connectivity index (χ2n) is 5.42. The SMILES string of the molecule is O=C(Cc1cccc(F)c1F)NC1CCc2nncn2CC1. The van der Waals surface area contributed by atoms with Gasteiger partial charge in [-0.25, -0.2) is 8.78 Å². The molecule has 0 bridgehead atoms. The first kappa shape index (κ1) is 14.6. The van der Waals surface area contributed by atoms with Crippen LogP contribution in [0.25, 0.3) is 0 Å². The number of halogens is 2. The van der Waals surface area contributed by atoms with Gasteiger partial charge in [-0.1, -0.05) is 12.1 Å². The number of rotatable bonds is 3. The molecule has 1 unspecified atom stereocenters. The van der Waals surface area contributed by atoms with Gasteiger partial charge in [0.15, 0.2) is 11.6 Å². The lowest BCUT2D eigenvalue weighted by Crippen LogP contribution is -2.36. The van der Waals surface area contributed by atoms with Gasteiger partial charge in [0.2, 0.25) is 5.91 Å². The molecular formula is C15H16F2N4O. The molecule has 1 N–H and O–H groups in total. The molecule has 116 valence electrons. The summed E-state index contributed by atoms with van der Waals surface area (Å²) in [5.74, 6) is -1.28. The Kier molecular flexibility index (Phi) is 4.13. The molecule has 0 aliphatic carbocycles. The third-order valence-electron chi connectivity index (χ3n) is 3.88. The van der Waals surface area contributed by atoms with Gasteiger partial charge in [-0.2, -0.15) is 0 Å². The zero-order valence-electron chi connectivity index (χ0n) is 11.9. The topological polar surface area (TPSA) is 59.8 Å². The lowest BCUT2D eigenvalue weighted by atomic mass is 10.1. The molecule has 22 heavy (non-hydrogen) atoms. The van der Waals surface area contributed by atoms with Gasteiger partial charge in [0.25, 0.3) is 0 Å². The number of nitrogens with zero attached hydrogens (tertiary/aromatic N) is 3. The number of hydrogen-bond donors (Lipinski definition) is 1. The van der Waals surface area contributed by atoms with Gasteiger partial charge in [0.05, 0.1) is 6.42 Å². The summed E-state index contributed by atoms with van der Waals surface area (Å²) in [4.78, 5) is 12.0. The number of hydrogen-bond acceptors (Lipinski definition) is 3. The highest BCUT2D eigenvalue weighted by atomic mass is 19.2. The Morgan fingerprint density at radius 3 is 3.09 bits per heavy atom. The zero-order chi connectivity index (χ0) is 15.5. The summed E-state index contributed by atoms with van der Waals surface area (Å²) in [5.41, 5.74) is 0.0725. The van der Waals surface area contributed by atoms with Crippen LogP contribution in [-0.2, 0) is 24.2 Å². The largest absolute Gasteiger partial charge is 0.353 e. The maximum absolute atomic E-state index is 13.6. The first-order valence-electron chi connectivity index (χ1n) is 7.22. The molecule has 7 heteroatoms. The van der Waals surface area contributed by atoms with Crippen molar-refractivity contribution in [1.82, 2.24) is 20.1 Å². The van der Waals surface area contributed by atoms with E-state index in [4.69, 9.17) is 0 Å². The molecule has 2 aromatic rings. The number of aryl methyl sites for hydroxylation is 2. The van der Waals surface area contributed by atoms with Crippen LogP contribution < -0.4 is 5.32 Å². The summed E-state index contributed by atoms with van der Waals surface area (Å²) in [6, 6.07) is 3.87. The van der Waals surface area contributed by atoms with Crippen LogP contribution in [0.4, 0.5) is 8.78 Å². The van der Waals surface area contributed by atoms with E-state index in [9.17, 15) is 13.6 Å². The second kappa shape index (κ2) is 6.21. The predicted octanol–water partition coefficient (Wildman–Crippen LogP) is 1.62. The Bertz CT molecular complexity index is 663. The van der Waals surface area contributed by atoms with Crippen molar-refractivity contribution in [2.45, 2.75) is 38.3 Å². The van der Waals surface area contributed by atoms with E-state index in [0.29, 0.717) is 0 Å². The number of fused-ring (bicyclic) bond motifs is 1. The van der Waals surface area contributed by atoms with E-state index >= 15 is 0 Å². The fraction of sp³-hybridized carbons (Fsp3) is 0.400. The smallest absolute Gasteiger partial charge is 0.224 e. The normalized spacial score (nSPS) is 17.6.